The molecule has 1 aliphatic rings. The Morgan fingerprint density at radius 2 is 1.89 bits per heavy atom. The van der Waals surface area contributed by atoms with E-state index in [2.05, 4.69) is 18.8 Å². The molecule has 0 aromatic carbocycles. The molecular formula is C15H20FNO2. The minimum atomic E-state index is -0.814. The summed E-state index contributed by atoms with van der Waals surface area (Å²) in [7, 11) is 1.56. The second-order valence-electron chi connectivity index (χ2n) is 6.08. The molecule has 1 heterocycles. The summed E-state index contributed by atoms with van der Waals surface area (Å²) in [5, 5.41) is 0. The third-order valence-corrected chi connectivity index (χ3v) is 4.18. The van der Waals surface area contributed by atoms with Crippen LogP contribution in [-0.2, 0) is 4.74 Å². The summed E-state index contributed by atoms with van der Waals surface area (Å²) >= 11 is 0. The lowest BCUT2D eigenvalue weighted by atomic mass is 9.69. The van der Waals surface area contributed by atoms with E-state index < -0.39 is 11.4 Å². The van der Waals surface area contributed by atoms with E-state index in [0.29, 0.717) is 18.4 Å². The van der Waals surface area contributed by atoms with Crippen LogP contribution in [0.2, 0.25) is 0 Å². The smallest absolute Gasteiger partial charge is 0.196 e. The lowest BCUT2D eigenvalue weighted by molar-refractivity contribution is -0.0383. The highest BCUT2D eigenvalue weighted by Crippen LogP contribution is 2.43. The van der Waals surface area contributed by atoms with Crippen LogP contribution in [0.25, 0.3) is 0 Å². The highest BCUT2D eigenvalue weighted by atomic mass is 19.1. The van der Waals surface area contributed by atoms with E-state index in [-0.39, 0.29) is 11.2 Å². The number of Topliss-reactive ketones (excluding diaryl/α,β-unsaturated/α-hetero) is 1. The van der Waals surface area contributed by atoms with Crippen LogP contribution in [0.5, 0.6) is 0 Å². The number of ether oxygens (including phenoxy) is 1. The van der Waals surface area contributed by atoms with Gasteiger partial charge in [-0.25, -0.2) is 4.39 Å². The number of nitrogens with zero attached hydrogens (tertiary/aromatic N) is 1. The Balaban J connectivity index is 2.25. The Bertz CT molecular complexity index is 475. The first kappa shape index (κ1) is 14.1. The molecule has 1 aliphatic carbocycles. The van der Waals surface area contributed by atoms with Crippen LogP contribution in [0, 0.1) is 11.2 Å². The van der Waals surface area contributed by atoms with E-state index in [1.54, 1.807) is 7.11 Å². The third kappa shape index (κ3) is 2.84. The summed E-state index contributed by atoms with van der Waals surface area (Å²) in [6.45, 7) is 4.39. The van der Waals surface area contributed by atoms with Gasteiger partial charge in [-0.1, -0.05) is 13.8 Å². The van der Waals surface area contributed by atoms with E-state index in [1.165, 1.54) is 12.3 Å². The van der Waals surface area contributed by atoms with Crippen LogP contribution < -0.4 is 0 Å². The predicted molar refractivity (Wildman–Crippen MR) is 70.5 cm³/mol. The van der Waals surface area contributed by atoms with E-state index in [9.17, 15) is 9.18 Å². The molecule has 0 radical (unpaired) electrons. The molecule has 0 saturated heterocycles. The number of hydrogen-bond donors (Lipinski definition) is 0. The van der Waals surface area contributed by atoms with Crippen LogP contribution in [0.4, 0.5) is 4.39 Å². The number of pyridine rings is 1. The molecule has 0 atom stereocenters. The largest absolute Gasteiger partial charge is 0.370 e. The molecule has 2 rings (SSSR count). The van der Waals surface area contributed by atoms with Crippen molar-refractivity contribution in [1.82, 2.24) is 4.98 Å². The van der Waals surface area contributed by atoms with Gasteiger partial charge in [0.25, 0.3) is 0 Å². The van der Waals surface area contributed by atoms with Crippen LogP contribution >= 0.6 is 0 Å². The zero-order chi connectivity index (χ0) is 14.1. The lowest BCUT2D eigenvalue weighted by Gasteiger charge is -2.41. The number of methoxy groups -OCH3 is 1. The van der Waals surface area contributed by atoms with Gasteiger partial charge < -0.3 is 4.74 Å². The van der Waals surface area contributed by atoms with Crippen molar-refractivity contribution < 1.29 is 13.9 Å². The van der Waals surface area contributed by atoms with Crippen molar-refractivity contribution in [2.75, 3.05) is 7.11 Å². The van der Waals surface area contributed by atoms with Crippen molar-refractivity contribution in [2.24, 2.45) is 5.41 Å². The number of carbonyl (C=O) groups is 1. The average Bonchev–Trinajstić information content (AvgIpc) is 2.39. The van der Waals surface area contributed by atoms with E-state index in [0.717, 1.165) is 19.0 Å². The normalized spacial score (nSPS) is 21.1. The summed E-state index contributed by atoms with van der Waals surface area (Å²) in [5.74, 6) is -0.647. The maximum absolute atomic E-state index is 13.2. The molecule has 4 heteroatoms. The Labute approximate surface area is 113 Å². The van der Waals surface area contributed by atoms with E-state index in [1.807, 2.05) is 0 Å². The number of aromatic nitrogens is 1. The Morgan fingerprint density at radius 1 is 1.26 bits per heavy atom. The predicted octanol–water partition coefficient (Wildman–Crippen LogP) is 3.39. The summed E-state index contributed by atoms with van der Waals surface area (Å²) in [6.07, 6.45) is 5.70. The molecule has 1 aromatic rings. The molecule has 1 aromatic heterocycles. The first-order valence-electron chi connectivity index (χ1n) is 6.59. The maximum Gasteiger partial charge on any atom is 0.196 e. The van der Waals surface area contributed by atoms with Gasteiger partial charge in [-0.3, -0.25) is 9.78 Å². The van der Waals surface area contributed by atoms with Gasteiger partial charge in [0.15, 0.2) is 5.78 Å². The fourth-order valence-electron chi connectivity index (χ4n) is 2.65. The molecule has 104 valence electrons. The Morgan fingerprint density at radius 3 is 2.42 bits per heavy atom. The van der Waals surface area contributed by atoms with Gasteiger partial charge in [0.05, 0.1) is 6.20 Å². The van der Waals surface area contributed by atoms with Crippen molar-refractivity contribution in [3.05, 3.63) is 29.8 Å². The molecule has 3 nitrogen and oxygen atoms in total. The van der Waals surface area contributed by atoms with E-state index >= 15 is 0 Å². The zero-order valence-corrected chi connectivity index (χ0v) is 11.7. The van der Waals surface area contributed by atoms with Gasteiger partial charge in [0.2, 0.25) is 0 Å². The topological polar surface area (TPSA) is 39.2 Å². The lowest BCUT2D eigenvalue weighted by Crippen LogP contribution is -2.45. The average molecular weight is 265 g/mol. The van der Waals surface area contributed by atoms with Crippen molar-refractivity contribution in [3.8, 4) is 0 Å². The van der Waals surface area contributed by atoms with Gasteiger partial charge in [-0.2, -0.15) is 0 Å². The Hall–Kier alpha value is -1.29. The third-order valence-electron chi connectivity index (χ3n) is 4.18. The molecule has 0 amide bonds. The number of carbonyl (C=O) groups excluding carboxylic acids is 1. The number of halogens is 1. The van der Waals surface area contributed by atoms with Gasteiger partial charge in [0.1, 0.15) is 11.4 Å². The number of ketones is 1. The molecule has 1 fully saturated rings. The van der Waals surface area contributed by atoms with Crippen LogP contribution in [-0.4, -0.2) is 23.5 Å². The summed E-state index contributed by atoms with van der Waals surface area (Å²) in [4.78, 5) is 16.3. The van der Waals surface area contributed by atoms with Crippen LogP contribution in [0.15, 0.2) is 18.5 Å². The number of hydrogen-bond acceptors (Lipinski definition) is 3. The fourth-order valence-corrected chi connectivity index (χ4v) is 2.65. The summed E-state index contributed by atoms with van der Waals surface area (Å²) in [5.41, 5.74) is -0.283. The molecule has 0 unspecified atom stereocenters. The first-order chi connectivity index (χ1) is 8.88. The van der Waals surface area contributed by atoms with Crippen LogP contribution in [0.3, 0.4) is 0 Å². The van der Waals surface area contributed by atoms with Gasteiger partial charge in [-0.05, 0) is 37.2 Å². The molecule has 0 spiro atoms. The van der Waals surface area contributed by atoms with Gasteiger partial charge >= 0.3 is 0 Å². The minimum absolute atomic E-state index is 0.155. The standard InChI is InChI=1S/C15H20FNO2/c1-14(2)4-6-15(19-3,7-5-14)13(18)11-8-12(16)10-17-9-11/h8-10H,4-7H2,1-3H3. The second-order valence-corrected chi connectivity index (χ2v) is 6.08. The second kappa shape index (κ2) is 5.00. The summed E-state index contributed by atoms with van der Waals surface area (Å²) < 4.78 is 18.7. The Kier molecular flexibility index (Phi) is 3.72. The molecule has 0 N–H and O–H groups in total. The minimum Gasteiger partial charge on any atom is -0.370 e. The van der Waals surface area contributed by atoms with E-state index in [4.69, 9.17) is 4.74 Å². The monoisotopic (exact) mass is 265 g/mol. The number of rotatable bonds is 3. The maximum atomic E-state index is 13.2. The molecule has 0 aliphatic heterocycles. The highest BCUT2D eigenvalue weighted by Gasteiger charge is 2.44. The summed E-state index contributed by atoms with van der Waals surface area (Å²) in [6, 6.07) is 1.23. The van der Waals surface area contributed by atoms with Crippen molar-refractivity contribution in [3.63, 3.8) is 0 Å². The van der Waals surface area contributed by atoms with Crippen molar-refractivity contribution >= 4 is 5.78 Å². The van der Waals surface area contributed by atoms with Gasteiger partial charge in [-0.15, -0.1) is 0 Å². The molecule has 0 bridgehead atoms. The molecule has 1 saturated carbocycles. The van der Waals surface area contributed by atoms with Gasteiger partial charge in [0, 0.05) is 18.9 Å². The fraction of sp³-hybridized carbons (Fsp3) is 0.600. The quantitative estimate of drug-likeness (QED) is 0.786. The first-order valence-corrected chi connectivity index (χ1v) is 6.59. The van der Waals surface area contributed by atoms with Crippen molar-refractivity contribution in [2.45, 2.75) is 45.1 Å². The highest BCUT2D eigenvalue weighted by molar-refractivity contribution is 6.02. The molecule has 19 heavy (non-hydrogen) atoms. The molecular weight excluding hydrogens is 245 g/mol. The SMILES string of the molecule is COC1(C(=O)c2cncc(F)c2)CCC(C)(C)CC1. The van der Waals surface area contributed by atoms with Crippen molar-refractivity contribution in [1.29, 1.82) is 0 Å². The zero-order valence-electron chi connectivity index (χ0n) is 11.7. The van der Waals surface area contributed by atoms with Crippen LogP contribution in [0.1, 0.15) is 49.9 Å².